The van der Waals surface area contributed by atoms with E-state index in [-0.39, 0.29) is 0 Å². The van der Waals surface area contributed by atoms with E-state index in [9.17, 15) is 0 Å². The molecule has 0 amide bonds. The van der Waals surface area contributed by atoms with Crippen molar-refractivity contribution in [3.05, 3.63) is 285 Å². The van der Waals surface area contributed by atoms with Crippen LogP contribution in [0.2, 0.25) is 0 Å². The molecule has 0 radical (unpaired) electrons. The molecule has 0 spiro atoms. The van der Waals surface area contributed by atoms with Crippen molar-refractivity contribution in [3.63, 3.8) is 0 Å². The Labute approximate surface area is 449 Å². The van der Waals surface area contributed by atoms with Crippen molar-refractivity contribution in [3.8, 4) is 39.1 Å². The number of rotatable bonds is 10. The van der Waals surface area contributed by atoms with Crippen LogP contribution in [0.25, 0.3) is 103 Å². The summed E-state index contributed by atoms with van der Waals surface area (Å²) in [4.78, 5) is 4.81. The van der Waals surface area contributed by atoms with E-state index in [1.165, 1.54) is 58.7 Å². The maximum absolute atomic E-state index is 6.66. The van der Waals surface area contributed by atoms with Gasteiger partial charge in [0.25, 0.3) is 0 Å². The topological polar surface area (TPSA) is 24.6 Å². The van der Waals surface area contributed by atoms with Crippen LogP contribution in [-0.4, -0.2) is 4.57 Å². The van der Waals surface area contributed by atoms with Crippen LogP contribution < -0.4 is 9.80 Å². The standard InChI is InChI=1S/C72H47N3OS/c1-5-19-48(20-6-1)50-33-37-55(38-34-50)73(53-23-9-3-10-24-53)58-43-52(64-47-65-60-27-13-16-30-66(60)75(54-25-11-4-12-26-54)71(65)70-63-29-15-18-32-69(63)77-72(64)70)44-59(45-58)74(56-39-35-51(36-40-56)49-21-7-2-8-22-49)57-41-42-62-61-28-14-17-31-67(61)76-68(62)46-57/h1-47H. The van der Waals surface area contributed by atoms with Gasteiger partial charge in [-0.2, -0.15) is 0 Å². The molecule has 5 heteroatoms. The molecule has 362 valence electrons. The summed E-state index contributed by atoms with van der Waals surface area (Å²) >= 11 is 1.88. The molecule has 0 aliphatic carbocycles. The van der Waals surface area contributed by atoms with Crippen LogP contribution in [0.4, 0.5) is 34.1 Å². The van der Waals surface area contributed by atoms with E-state index in [2.05, 4.69) is 293 Å². The number of fused-ring (bicyclic) bond motifs is 10. The molecule has 15 aromatic rings. The van der Waals surface area contributed by atoms with Gasteiger partial charge in [-0.05, 0) is 131 Å². The molecule has 3 heterocycles. The summed E-state index contributed by atoms with van der Waals surface area (Å²) in [7, 11) is 0. The Kier molecular flexibility index (Phi) is 10.7. The molecule has 0 unspecified atom stereocenters. The summed E-state index contributed by atoms with van der Waals surface area (Å²) in [5.74, 6) is 0. The molecule has 0 bridgehead atoms. The van der Waals surface area contributed by atoms with E-state index in [4.69, 9.17) is 4.42 Å². The molecule has 0 saturated carbocycles. The highest BCUT2D eigenvalue weighted by Gasteiger charge is 2.25. The predicted octanol–water partition coefficient (Wildman–Crippen LogP) is 21.0. The van der Waals surface area contributed by atoms with Crippen LogP contribution in [0, 0.1) is 0 Å². The van der Waals surface area contributed by atoms with Crippen LogP contribution in [0.5, 0.6) is 0 Å². The van der Waals surface area contributed by atoms with Gasteiger partial charge in [0, 0.05) is 93.2 Å². The number of aromatic nitrogens is 1. The van der Waals surface area contributed by atoms with Crippen molar-refractivity contribution in [1.29, 1.82) is 0 Å². The lowest BCUT2D eigenvalue weighted by atomic mass is 9.97. The highest BCUT2D eigenvalue weighted by atomic mass is 32.1. The van der Waals surface area contributed by atoms with Crippen molar-refractivity contribution in [2.24, 2.45) is 0 Å². The van der Waals surface area contributed by atoms with Crippen molar-refractivity contribution in [2.75, 3.05) is 9.80 Å². The Morgan fingerprint density at radius 1 is 0.312 bits per heavy atom. The molecule has 3 aromatic heterocycles. The van der Waals surface area contributed by atoms with Gasteiger partial charge in [-0.15, -0.1) is 11.3 Å². The average Bonchev–Trinajstić information content (AvgIpc) is 4.35. The fraction of sp³-hybridized carbons (Fsp3) is 0. The Morgan fingerprint density at radius 2 is 0.805 bits per heavy atom. The van der Waals surface area contributed by atoms with E-state index >= 15 is 0 Å². The molecule has 0 aliphatic heterocycles. The van der Waals surface area contributed by atoms with Crippen molar-refractivity contribution >= 4 is 109 Å². The lowest BCUT2D eigenvalue weighted by Crippen LogP contribution is -2.13. The highest BCUT2D eigenvalue weighted by Crippen LogP contribution is 2.51. The monoisotopic (exact) mass is 1000 g/mol. The van der Waals surface area contributed by atoms with Crippen LogP contribution in [0.1, 0.15) is 0 Å². The van der Waals surface area contributed by atoms with E-state index in [0.717, 1.165) is 78.4 Å². The molecule has 0 atom stereocenters. The van der Waals surface area contributed by atoms with Crippen molar-refractivity contribution in [1.82, 2.24) is 4.57 Å². The minimum atomic E-state index is 0.836. The molecule has 0 aliphatic rings. The number of anilines is 6. The first-order valence-corrected chi connectivity index (χ1v) is 27.0. The second-order valence-corrected chi connectivity index (χ2v) is 20.7. The molecule has 12 aromatic carbocycles. The smallest absolute Gasteiger partial charge is 0.137 e. The second-order valence-electron chi connectivity index (χ2n) is 19.7. The molecule has 4 nitrogen and oxygen atoms in total. The van der Waals surface area contributed by atoms with E-state index < -0.39 is 0 Å². The first kappa shape index (κ1) is 44.5. The largest absolute Gasteiger partial charge is 0.456 e. The van der Waals surface area contributed by atoms with Gasteiger partial charge < -0.3 is 18.8 Å². The second kappa shape index (κ2) is 18.5. The molecule has 0 saturated heterocycles. The molecule has 15 rings (SSSR count). The van der Waals surface area contributed by atoms with Gasteiger partial charge in [0.05, 0.1) is 11.0 Å². The van der Waals surface area contributed by atoms with E-state index in [1.54, 1.807) is 0 Å². The predicted molar refractivity (Wildman–Crippen MR) is 327 cm³/mol. The van der Waals surface area contributed by atoms with Crippen molar-refractivity contribution < 1.29 is 4.42 Å². The average molecular weight is 1000 g/mol. The molecule has 77 heavy (non-hydrogen) atoms. The van der Waals surface area contributed by atoms with Gasteiger partial charge in [-0.3, -0.25) is 0 Å². The maximum Gasteiger partial charge on any atom is 0.137 e. The number of furan rings is 1. The summed E-state index contributed by atoms with van der Waals surface area (Å²) < 4.78 is 11.6. The summed E-state index contributed by atoms with van der Waals surface area (Å²) in [5, 5.41) is 7.12. The number of hydrogen-bond donors (Lipinski definition) is 0. The number of thiophene rings is 1. The third kappa shape index (κ3) is 7.67. The van der Waals surface area contributed by atoms with Crippen LogP contribution >= 0.6 is 11.3 Å². The zero-order valence-corrected chi connectivity index (χ0v) is 42.6. The van der Waals surface area contributed by atoms with Gasteiger partial charge in [0.15, 0.2) is 0 Å². The fourth-order valence-corrected chi connectivity index (χ4v) is 12.8. The SMILES string of the molecule is c1ccc(-c2ccc(N(c3ccccc3)c3cc(-c4cc5c6ccccc6n(-c6ccccc6)c5c5c4sc4ccccc45)cc(N(c4ccc(-c5ccccc5)cc4)c4ccc5c(c4)oc4ccccc45)c3)cc2)cc1. The third-order valence-corrected chi connectivity index (χ3v) is 16.3. The minimum absolute atomic E-state index is 0.836. The molecule has 0 fully saturated rings. The number of para-hydroxylation sites is 4. The maximum atomic E-state index is 6.66. The molecular weight excluding hydrogens is 955 g/mol. The minimum Gasteiger partial charge on any atom is -0.456 e. The third-order valence-electron chi connectivity index (χ3n) is 15.1. The van der Waals surface area contributed by atoms with Crippen molar-refractivity contribution in [2.45, 2.75) is 0 Å². The van der Waals surface area contributed by atoms with Crippen LogP contribution in [0.15, 0.2) is 290 Å². The fourth-order valence-electron chi connectivity index (χ4n) is 11.6. The summed E-state index contributed by atoms with van der Waals surface area (Å²) in [6.07, 6.45) is 0. The number of hydrogen-bond acceptors (Lipinski definition) is 4. The Hall–Kier alpha value is -9.94. The first-order chi connectivity index (χ1) is 38.2. The van der Waals surface area contributed by atoms with Crippen LogP contribution in [0.3, 0.4) is 0 Å². The van der Waals surface area contributed by atoms with E-state index in [1.807, 2.05) is 17.4 Å². The molecule has 0 N–H and O–H groups in total. The van der Waals surface area contributed by atoms with Gasteiger partial charge >= 0.3 is 0 Å². The number of nitrogens with zero attached hydrogens (tertiary/aromatic N) is 3. The van der Waals surface area contributed by atoms with Gasteiger partial charge in [-0.25, -0.2) is 0 Å². The Balaban J connectivity index is 1.03. The van der Waals surface area contributed by atoms with Gasteiger partial charge in [0.2, 0.25) is 0 Å². The summed E-state index contributed by atoms with van der Waals surface area (Å²) in [6, 6.07) is 103. The highest BCUT2D eigenvalue weighted by molar-refractivity contribution is 7.26. The Bertz CT molecular complexity index is 4660. The zero-order valence-electron chi connectivity index (χ0n) is 41.8. The Morgan fingerprint density at radius 3 is 1.47 bits per heavy atom. The van der Waals surface area contributed by atoms with E-state index in [0.29, 0.717) is 0 Å². The first-order valence-electron chi connectivity index (χ1n) is 26.1. The molecular formula is C72H47N3OS. The van der Waals surface area contributed by atoms with Gasteiger partial charge in [0.1, 0.15) is 11.2 Å². The quantitative estimate of drug-likeness (QED) is 0.136. The normalized spacial score (nSPS) is 11.6. The lowest BCUT2D eigenvalue weighted by molar-refractivity contribution is 0.669. The van der Waals surface area contributed by atoms with Crippen LogP contribution in [-0.2, 0) is 0 Å². The summed E-state index contributed by atoms with van der Waals surface area (Å²) in [5.41, 5.74) is 18.3. The lowest BCUT2D eigenvalue weighted by Gasteiger charge is -2.30. The van der Waals surface area contributed by atoms with Gasteiger partial charge in [-0.1, -0.05) is 176 Å². The summed E-state index contributed by atoms with van der Waals surface area (Å²) in [6.45, 7) is 0. The number of benzene rings is 12. The zero-order chi connectivity index (χ0) is 50.8.